The summed E-state index contributed by atoms with van der Waals surface area (Å²) in [7, 11) is 0. The first kappa shape index (κ1) is 16.7. The largest absolute Gasteiger partial charge is 0.399 e. The third-order valence-electron chi connectivity index (χ3n) is 4.80. The molecule has 120 valence electrons. The lowest BCUT2D eigenvalue weighted by molar-refractivity contribution is -0.119. The molecule has 0 aromatic heterocycles. The average molecular weight is 301 g/mol. The normalized spacial score (nSPS) is 20.2. The van der Waals surface area contributed by atoms with Crippen LogP contribution in [0.1, 0.15) is 74.7 Å². The van der Waals surface area contributed by atoms with Crippen molar-refractivity contribution in [2.45, 2.75) is 65.2 Å². The molecule has 1 aromatic carbocycles. The molecule has 0 spiro atoms. The molecule has 2 N–H and O–H groups in total. The Balaban J connectivity index is 2.20. The second kappa shape index (κ2) is 7.08. The van der Waals surface area contributed by atoms with Gasteiger partial charge in [0.2, 0.25) is 0 Å². The van der Waals surface area contributed by atoms with E-state index in [0.717, 1.165) is 43.2 Å². The van der Waals surface area contributed by atoms with E-state index in [-0.39, 0.29) is 17.0 Å². The fourth-order valence-corrected chi connectivity index (χ4v) is 3.54. The van der Waals surface area contributed by atoms with Crippen molar-refractivity contribution in [1.29, 1.82) is 0 Å². The molecule has 0 radical (unpaired) electrons. The van der Waals surface area contributed by atoms with Gasteiger partial charge in [0, 0.05) is 29.5 Å². The summed E-state index contributed by atoms with van der Waals surface area (Å²) in [5.41, 5.74) is 8.06. The summed E-state index contributed by atoms with van der Waals surface area (Å²) in [5, 5.41) is 0. The molecule has 1 unspecified atom stereocenters. The molecule has 0 saturated carbocycles. The van der Waals surface area contributed by atoms with Crippen LogP contribution < -0.4 is 5.73 Å². The molecule has 1 atom stereocenters. The molecule has 3 heteroatoms. The molecule has 2 rings (SSSR count). The maximum Gasteiger partial charge on any atom is 0.169 e. The standard InChI is InChI=1S/C19H27NO2/c1-3-5-10-19(11-9-16(21)6-4-2)13-14-12-15(20)7-8-17(14)18(19)22/h7-8,12H,3-6,9-11,13,20H2,1-2H3. The van der Waals surface area contributed by atoms with Gasteiger partial charge in [0.05, 0.1) is 0 Å². The predicted molar refractivity (Wildman–Crippen MR) is 90.0 cm³/mol. The van der Waals surface area contributed by atoms with Gasteiger partial charge in [0.25, 0.3) is 0 Å². The van der Waals surface area contributed by atoms with E-state index in [0.29, 0.717) is 24.9 Å². The summed E-state index contributed by atoms with van der Waals surface area (Å²) < 4.78 is 0. The molecular formula is C19H27NO2. The van der Waals surface area contributed by atoms with Crippen LogP contribution in [0, 0.1) is 5.41 Å². The van der Waals surface area contributed by atoms with E-state index in [2.05, 4.69) is 6.92 Å². The molecule has 0 aliphatic heterocycles. The zero-order chi connectivity index (χ0) is 16.2. The van der Waals surface area contributed by atoms with Crippen molar-refractivity contribution in [3.63, 3.8) is 0 Å². The molecular weight excluding hydrogens is 274 g/mol. The third-order valence-corrected chi connectivity index (χ3v) is 4.80. The lowest BCUT2D eigenvalue weighted by Gasteiger charge is -2.27. The highest BCUT2D eigenvalue weighted by Gasteiger charge is 2.44. The molecule has 1 aliphatic carbocycles. The summed E-state index contributed by atoms with van der Waals surface area (Å²) in [4.78, 5) is 24.9. The zero-order valence-electron chi connectivity index (χ0n) is 13.8. The molecule has 0 heterocycles. The molecule has 1 aliphatic rings. The number of carbonyl (C=O) groups excluding carboxylic acids is 2. The smallest absolute Gasteiger partial charge is 0.169 e. The van der Waals surface area contributed by atoms with Gasteiger partial charge in [-0.05, 0) is 49.4 Å². The van der Waals surface area contributed by atoms with Crippen LogP contribution >= 0.6 is 0 Å². The van der Waals surface area contributed by atoms with E-state index in [1.54, 1.807) is 6.07 Å². The number of rotatable bonds is 8. The van der Waals surface area contributed by atoms with Crippen LogP contribution in [0.15, 0.2) is 18.2 Å². The molecule has 0 fully saturated rings. The van der Waals surface area contributed by atoms with Gasteiger partial charge in [0.1, 0.15) is 5.78 Å². The first-order chi connectivity index (χ1) is 10.5. The van der Waals surface area contributed by atoms with Gasteiger partial charge < -0.3 is 5.73 Å². The third kappa shape index (κ3) is 3.40. The number of unbranched alkanes of at least 4 members (excludes halogenated alkanes) is 1. The molecule has 22 heavy (non-hydrogen) atoms. The van der Waals surface area contributed by atoms with Crippen LogP contribution in [0.4, 0.5) is 5.69 Å². The Morgan fingerprint density at radius 2 is 1.95 bits per heavy atom. The SMILES string of the molecule is CCCCC1(CCC(=O)CCC)Cc2cc(N)ccc2C1=O. The Kier molecular flexibility index (Phi) is 5.38. The second-order valence-electron chi connectivity index (χ2n) is 6.60. The van der Waals surface area contributed by atoms with Gasteiger partial charge in [-0.1, -0.05) is 26.7 Å². The van der Waals surface area contributed by atoms with Gasteiger partial charge >= 0.3 is 0 Å². The zero-order valence-corrected chi connectivity index (χ0v) is 13.8. The van der Waals surface area contributed by atoms with Gasteiger partial charge in [-0.25, -0.2) is 0 Å². The molecule has 3 nitrogen and oxygen atoms in total. The Hall–Kier alpha value is -1.64. The number of nitrogen functional groups attached to an aromatic ring is 1. The minimum atomic E-state index is -0.379. The number of hydrogen-bond acceptors (Lipinski definition) is 3. The molecule has 0 bridgehead atoms. The van der Waals surface area contributed by atoms with Crippen molar-refractivity contribution >= 4 is 17.3 Å². The monoisotopic (exact) mass is 301 g/mol. The molecule has 0 amide bonds. The summed E-state index contributed by atoms with van der Waals surface area (Å²) in [6.45, 7) is 4.16. The van der Waals surface area contributed by atoms with Crippen molar-refractivity contribution in [2.24, 2.45) is 5.41 Å². The van der Waals surface area contributed by atoms with E-state index in [4.69, 9.17) is 5.73 Å². The average Bonchev–Trinajstić information content (AvgIpc) is 2.76. The van der Waals surface area contributed by atoms with Crippen molar-refractivity contribution in [2.75, 3.05) is 5.73 Å². The van der Waals surface area contributed by atoms with Crippen LogP contribution in [0.25, 0.3) is 0 Å². The minimum Gasteiger partial charge on any atom is -0.399 e. The summed E-state index contributed by atoms with van der Waals surface area (Å²) >= 11 is 0. The number of anilines is 1. The Morgan fingerprint density at radius 3 is 2.64 bits per heavy atom. The van der Waals surface area contributed by atoms with E-state index < -0.39 is 0 Å². The quantitative estimate of drug-likeness (QED) is 0.727. The first-order valence-corrected chi connectivity index (χ1v) is 8.47. The number of carbonyl (C=O) groups is 2. The van der Waals surface area contributed by atoms with E-state index in [9.17, 15) is 9.59 Å². The highest BCUT2D eigenvalue weighted by atomic mass is 16.1. The highest BCUT2D eigenvalue weighted by molar-refractivity contribution is 6.05. The number of hydrogen-bond donors (Lipinski definition) is 1. The van der Waals surface area contributed by atoms with E-state index in [1.165, 1.54) is 0 Å². The van der Waals surface area contributed by atoms with Gasteiger partial charge in [0.15, 0.2) is 5.78 Å². The Morgan fingerprint density at radius 1 is 1.18 bits per heavy atom. The molecule has 0 saturated heterocycles. The number of ketones is 2. The Labute approximate surface area is 133 Å². The van der Waals surface area contributed by atoms with Gasteiger partial charge in [-0.3, -0.25) is 9.59 Å². The fraction of sp³-hybridized carbons (Fsp3) is 0.579. The van der Waals surface area contributed by atoms with Crippen LogP contribution in [-0.2, 0) is 11.2 Å². The highest BCUT2D eigenvalue weighted by Crippen LogP contribution is 2.44. The summed E-state index contributed by atoms with van der Waals surface area (Å²) in [6, 6.07) is 5.58. The number of fused-ring (bicyclic) bond motifs is 1. The minimum absolute atomic E-state index is 0.222. The summed E-state index contributed by atoms with van der Waals surface area (Å²) in [6.07, 6.45) is 6.41. The van der Waals surface area contributed by atoms with Gasteiger partial charge in [-0.15, -0.1) is 0 Å². The maximum absolute atomic E-state index is 13.0. The predicted octanol–water partition coefficient (Wildman–Crippen LogP) is 4.33. The number of benzene rings is 1. The van der Waals surface area contributed by atoms with Crippen molar-refractivity contribution in [1.82, 2.24) is 0 Å². The van der Waals surface area contributed by atoms with Crippen LogP contribution in [0.3, 0.4) is 0 Å². The number of Topliss-reactive ketones (excluding diaryl/α,β-unsaturated/α-hetero) is 2. The van der Waals surface area contributed by atoms with E-state index in [1.807, 2.05) is 19.1 Å². The van der Waals surface area contributed by atoms with Crippen LogP contribution in [0.2, 0.25) is 0 Å². The Bertz CT molecular complexity index is 565. The van der Waals surface area contributed by atoms with Gasteiger partial charge in [-0.2, -0.15) is 0 Å². The fourth-order valence-electron chi connectivity index (χ4n) is 3.54. The van der Waals surface area contributed by atoms with E-state index >= 15 is 0 Å². The number of nitrogens with two attached hydrogens (primary N) is 1. The maximum atomic E-state index is 13.0. The lowest BCUT2D eigenvalue weighted by Crippen LogP contribution is -2.29. The summed E-state index contributed by atoms with van der Waals surface area (Å²) in [5.74, 6) is 0.502. The van der Waals surface area contributed by atoms with Crippen LogP contribution in [0.5, 0.6) is 0 Å². The topological polar surface area (TPSA) is 60.2 Å². The molecule has 1 aromatic rings. The first-order valence-electron chi connectivity index (χ1n) is 8.47. The second-order valence-corrected chi connectivity index (χ2v) is 6.60. The van der Waals surface area contributed by atoms with Crippen LogP contribution in [-0.4, -0.2) is 11.6 Å². The van der Waals surface area contributed by atoms with Crippen molar-refractivity contribution < 1.29 is 9.59 Å². The lowest BCUT2D eigenvalue weighted by atomic mass is 9.74. The van der Waals surface area contributed by atoms with Crippen molar-refractivity contribution in [3.05, 3.63) is 29.3 Å². The van der Waals surface area contributed by atoms with Crippen molar-refractivity contribution in [3.8, 4) is 0 Å².